The second-order valence-corrected chi connectivity index (χ2v) is 4.67. The molecule has 3 N–H and O–H groups in total. The third-order valence-corrected chi connectivity index (χ3v) is 3.27. The van der Waals surface area contributed by atoms with Gasteiger partial charge in [0.25, 0.3) is 0 Å². The minimum absolute atomic E-state index is 0.00495. The largest absolute Gasteiger partial charge is 0.392 e. The van der Waals surface area contributed by atoms with Gasteiger partial charge in [-0.2, -0.15) is 0 Å². The maximum Gasteiger partial charge on any atom is 0.239 e. The molecule has 17 heavy (non-hydrogen) atoms. The topological polar surface area (TPSA) is 67.6 Å². The van der Waals surface area contributed by atoms with Crippen molar-refractivity contribution in [2.45, 2.75) is 32.4 Å². The summed E-state index contributed by atoms with van der Waals surface area (Å²) in [5, 5.41) is 2.88. The van der Waals surface area contributed by atoms with Gasteiger partial charge in [0.1, 0.15) is 6.04 Å². The van der Waals surface area contributed by atoms with E-state index in [4.69, 9.17) is 22.7 Å². The molecule has 0 aliphatic carbocycles. The third kappa shape index (κ3) is 3.90. The number of nitrogens with one attached hydrogen (secondary N) is 1. The molecule has 1 fully saturated rings. The van der Waals surface area contributed by atoms with E-state index in [-0.39, 0.29) is 18.0 Å². The summed E-state index contributed by atoms with van der Waals surface area (Å²) in [5.74, 6) is -0.00495. The highest BCUT2D eigenvalue weighted by atomic mass is 32.1. The molecule has 6 heteroatoms. The molecule has 1 rings (SSSR count). The van der Waals surface area contributed by atoms with E-state index in [1.807, 2.05) is 18.7 Å². The SMILES string of the molecule is CCCNC(=O)C1COCCN1C(C)C(N)=S. The number of carbonyl (C=O) groups excluding carboxylic acids is 1. The first-order valence-corrected chi connectivity index (χ1v) is 6.39. The molecular formula is C11H21N3O2S. The molecule has 0 aromatic heterocycles. The molecule has 1 heterocycles. The van der Waals surface area contributed by atoms with Gasteiger partial charge >= 0.3 is 0 Å². The molecule has 0 spiro atoms. The number of thiocarbonyl (C=S) groups is 1. The molecule has 98 valence electrons. The van der Waals surface area contributed by atoms with Crippen LogP contribution in [0, 0.1) is 0 Å². The van der Waals surface area contributed by atoms with E-state index in [9.17, 15) is 4.79 Å². The molecule has 0 radical (unpaired) electrons. The van der Waals surface area contributed by atoms with Crippen molar-refractivity contribution in [2.24, 2.45) is 5.73 Å². The Balaban J connectivity index is 2.65. The van der Waals surface area contributed by atoms with Crippen LogP contribution >= 0.6 is 12.2 Å². The number of nitrogens with two attached hydrogens (primary N) is 1. The van der Waals surface area contributed by atoms with Crippen molar-refractivity contribution in [1.29, 1.82) is 0 Å². The van der Waals surface area contributed by atoms with E-state index in [0.29, 0.717) is 31.3 Å². The normalized spacial score (nSPS) is 23.1. The fourth-order valence-electron chi connectivity index (χ4n) is 1.84. The minimum Gasteiger partial charge on any atom is -0.392 e. The average Bonchev–Trinajstić information content (AvgIpc) is 2.34. The molecule has 1 amide bonds. The zero-order valence-corrected chi connectivity index (χ0v) is 11.3. The van der Waals surface area contributed by atoms with E-state index >= 15 is 0 Å². The van der Waals surface area contributed by atoms with Gasteiger partial charge in [0.2, 0.25) is 5.91 Å². The first-order valence-electron chi connectivity index (χ1n) is 5.98. The van der Waals surface area contributed by atoms with Crippen LogP contribution in [-0.2, 0) is 9.53 Å². The quantitative estimate of drug-likeness (QED) is 0.674. The number of amides is 1. The van der Waals surface area contributed by atoms with Gasteiger partial charge in [0.15, 0.2) is 0 Å². The molecular weight excluding hydrogens is 238 g/mol. The summed E-state index contributed by atoms with van der Waals surface area (Å²) in [5.41, 5.74) is 5.65. The molecule has 0 saturated carbocycles. The molecule has 1 aliphatic heterocycles. The standard InChI is InChI=1S/C11H21N3O2S/c1-3-4-13-11(15)9-7-16-6-5-14(9)8(2)10(12)17/h8-9H,3-7H2,1-2H3,(H2,12,17)(H,13,15). The fourth-order valence-corrected chi connectivity index (χ4v) is 1.97. The molecule has 1 saturated heterocycles. The van der Waals surface area contributed by atoms with Crippen LogP contribution < -0.4 is 11.1 Å². The van der Waals surface area contributed by atoms with Crippen molar-refractivity contribution in [1.82, 2.24) is 10.2 Å². The lowest BCUT2D eigenvalue weighted by molar-refractivity contribution is -0.133. The number of rotatable bonds is 5. The second-order valence-electron chi connectivity index (χ2n) is 4.20. The van der Waals surface area contributed by atoms with Crippen LogP contribution in [0.4, 0.5) is 0 Å². The van der Waals surface area contributed by atoms with Gasteiger partial charge in [0.05, 0.1) is 24.2 Å². The summed E-state index contributed by atoms with van der Waals surface area (Å²) in [6.45, 7) is 6.33. The second kappa shape index (κ2) is 6.88. The maximum atomic E-state index is 12.0. The lowest BCUT2D eigenvalue weighted by Gasteiger charge is -2.38. The highest BCUT2D eigenvalue weighted by molar-refractivity contribution is 7.80. The number of hydrogen-bond acceptors (Lipinski definition) is 4. The number of ether oxygens (including phenoxy) is 1. The third-order valence-electron chi connectivity index (χ3n) is 2.93. The van der Waals surface area contributed by atoms with Crippen molar-refractivity contribution in [3.63, 3.8) is 0 Å². The van der Waals surface area contributed by atoms with Crippen LogP contribution in [0.1, 0.15) is 20.3 Å². The monoisotopic (exact) mass is 259 g/mol. The molecule has 5 nitrogen and oxygen atoms in total. The lowest BCUT2D eigenvalue weighted by atomic mass is 10.1. The molecule has 2 atom stereocenters. The van der Waals surface area contributed by atoms with Gasteiger partial charge in [-0.3, -0.25) is 9.69 Å². The summed E-state index contributed by atoms with van der Waals surface area (Å²) in [6.07, 6.45) is 0.921. The Morgan fingerprint density at radius 2 is 2.41 bits per heavy atom. The van der Waals surface area contributed by atoms with Gasteiger partial charge in [-0.25, -0.2) is 0 Å². The average molecular weight is 259 g/mol. The van der Waals surface area contributed by atoms with Gasteiger partial charge in [0, 0.05) is 13.1 Å². The Bertz CT molecular complexity index is 286. The van der Waals surface area contributed by atoms with Crippen LogP contribution in [0.15, 0.2) is 0 Å². The van der Waals surface area contributed by atoms with Crippen LogP contribution in [0.25, 0.3) is 0 Å². The fraction of sp³-hybridized carbons (Fsp3) is 0.818. The maximum absolute atomic E-state index is 12.0. The van der Waals surface area contributed by atoms with Crippen LogP contribution in [0.5, 0.6) is 0 Å². The Hall–Kier alpha value is -0.720. The number of morpholine rings is 1. The highest BCUT2D eigenvalue weighted by Gasteiger charge is 2.33. The van der Waals surface area contributed by atoms with Crippen molar-refractivity contribution in [3.05, 3.63) is 0 Å². The highest BCUT2D eigenvalue weighted by Crippen LogP contribution is 2.12. The predicted molar refractivity (Wildman–Crippen MR) is 70.9 cm³/mol. The first-order chi connectivity index (χ1) is 8.07. The molecule has 2 unspecified atom stereocenters. The van der Waals surface area contributed by atoms with Gasteiger partial charge < -0.3 is 15.8 Å². The number of carbonyl (C=O) groups is 1. The van der Waals surface area contributed by atoms with Crippen LogP contribution in [-0.4, -0.2) is 54.2 Å². The summed E-state index contributed by atoms with van der Waals surface area (Å²) < 4.78 is 5.36. The van der Waals surface area contributed by atoms with Crippen LogP contribution in [0.3, 0.4) is 0 Å². The first kappa shape index (κ1) is 14.3. The molecule has 0 aromatic rings. The Labute approximate surface area is 108 Å². The summed E-state index contributed by atoms with van der Waals surface area (Å²) >= 11 is 4.99. The van der Waals surface area contributed by atoms with Crippen molar-refractivity contribution >= 4 is 23.1 Å². The number of hydrogen-bond donors (Lipinski definition) is 2. The Morgan fingerprint density at radius 3 is 3.00 bits per heavy atom. The van der Waals surface area contributed by atoms with Gasteiger partial charge in [-0.05, 0) is 13.3 Å². The van der Waals surface area contributed by atoms with E-state index in [0.717, 1.165) is 6.42 Å². The zero-order chi connectivity index (χ0) is 12.8. The van der Waals surface area contributed by atoms with Crippen molar-refractivity contribution < 1.29 is 9.53 Å². The Kier molecular flexibility index (Phi) is 5.80. The summed E-state index contributed by atoms with van der Waals surface area (Å²) in [7, 11) is 0. The van der Waals surface area contributed by atoms with Crippen LogP contribution in [0.2, 0.25) is 0 Å². The van der Waals surface area contributed by atoms with Crippen molar-refractivity contribution in [2.75, 3.05) is 26.3 Å². The summed E-state index contributed by atoms with van der Waals surface area (Å²) in [6, 6.07) is -0.363. The van der Waals surface area contributed by atoms with Gasteiger partial charge in [-0.1, -0.05) is 19.1 Å². The van der Waals surface area contributed by atoms with E-state index in [1.165, 1.54) is 0 Å². The smallest absolute Gasteiger partial charge is 0.239 e. The van der Waals surface area contributed by atoms with E-state index < -0.39 is 0 Å². The number of nitrogens with zero attached hydrogens (tertiary/aromatic N) is 1. The van der Waals surface area contributed by atoms with E-state index in [1.54, 1.807) is 0 Å². The molecule has 0 aromatic carbocycles. The Morgan fingerprint density at radius 1 is 1.71 bits per heavy atom. The van der Waals surface area contributed by atoms with E-state index in [2.05, 4.69) is 5.32 Å². The summed E-state index contributed by atoms with van der Waals surface area (Å²) in [4.78, 5) is 14.4. The lowest BCUT2D eigenvalue weighted by Crippen LogP contribution is -2.59. The van der Waals surface area contributed by atoms with Crippen molar-refractivity contribution in [3.8, 4) is 0 Å². The molecule has 0 bridgehead atoms. The van der Waals surface area contributed by atoms with Gasteiger partial charge in [-0.15, -0.1) is 0 Å². The minimum atomic E-state index is -0.285. The predicted octanol–water partition coefficient (Wildman–Crippen LogP) is -0.112. The molecule has 1 aliphatic rings. The zero-order valence-electron chi connectivity index (χ0n) is 10.4.